The second-order valence-electron chi connectivity index (χ2n) is 4.19. The van der Waals surface area contributed by atoms with E-state index in [2.05, 4.69) is 9.98 Å². The molecule has 0 aliphatic rings. The predicted octanol–water partition coefficient (Wildman–Crippen LogP) is 3.69. The molecule has 19 heavy (non-hydrogen) atoms. The Kier molecular flexibility index (Phi) is 2.94. The van der Waals surface area contributed by atoms with Crippen molar-refractivity contribution >= 4 is 22.7 Å². The van der Waals surface area contributed by atoms with Gasteiger partial charge in [0.25, 0.3) is 0 Å². The van der Waals surface area contributed by atoms with Gasteiger partial charge in [0.1, 0.15) is 5.75 Å². The number of rotatable bonds is 2. The number of phenols is 1. The van der Waals surface area contributed by atoms with Crippen molar-refractivity contribution in [3.63, 3.8) is 0 Å². The van der Waals surface area contributed by atoms with Crippen molar-refractivity contribution in [3.05, 3.63) is 66.5 Å². The second-order valence-corrected chi connectivity index (χ2v) is 4.19. The Bertz CT molecular complexity index is 736. The molecule has 0 saturated carbocycles. The highest BCUT2D eigenvalue weighted by Crippen LogP contribution is 2.26. The second kappa shape index (κ2) is 4.90. The molecule has 0 fully saturated rings. The summed E-state index contributed by atoms with van der Waals surface area (Å²) in [6.45, 7) is 0. The molecular weight excluding hydrogens is 236 g/mol. The van der Waals surface area contributed by atoms with Gasteiger partial charge in [-0.25, -0.2) is 0 Å². The Balaban J connectivity index is 2.10. The lowest BCUT2D eigenvalue weighted by Crippen LogP contribution is -1.85. The van der Waals surface area contributed by atoms with Crippen molar-refractivity contribution in [3.8, 4) is 5.75 Å². The van der Waals surface area contributed by atoms with Gasteiger partial charge in [-0.1, -0.05) is 30.3 Å². The number of hydrogen-bond donors (Lipinski definition) is 1. The first kappa shape index (κ1) is 11.4. The predicted molar refractivity (Wildman–Crippen MR) is 77.1 cm³/mol. The highest BCUT2D eigenvalue weighted by atomic mass is 16.3. The van der Waals surface area contributed by atoms with Crippen LogP contribution < -0.4 is 0 Å². The van der Waals surface area contributed by atoms with Gasteiger partial charge in [0.05, 0.1) is 11.9 Å². The molecule has 0 atom stereocenters. The summed E-state index contributed by atoms with van der Waals surface area (Å²) in [6, 6.07) is 15.2. The molecule has 0 aliphatic heterocycles. The molecule has 0 saturated heterocycles. The van der Waals surface area contributed by atoms with E-state index in [0.717, 1.165) is 22.0 Å². The number of aromatic nitrogens is 1. The largest absolute Gasteiger partial charge is 0.507 e. The molecule has 1 heterocycles. The Morgan fingerprint density at radius 2 is 1.89 bits per heavy atom. The van der Waals surface area contributed by atoms with Crippen molar-refractivity contribution in [1.82, 2.24) is 4.98 Å². The minimum Gasteiger partial charge on any atom is -0.507 e. The molecule has 0 bridgehead atoms. The molecule has 0 aliphatic carbocycles. The van der Waals surface area contributed by atoms with Gasteiger partial charge < -0.3 is 5.11 Å². The summed E-state index contributed by atoms with van der Waals surface area (Å²) in [4.78, 5) is 8.35. The van der Waals surface area contributed by atoms with Crippen LogP contribution in [0.2, 0.25) is 0 Å². The minimum absolute atomic E-state index is 0.228. The summed E-state index contributed by atoms with van der Waals surface area (Å²) >= 11 is 0. The summed E-state index contributed by atoms with van der Waals surface area (Å²) in [5.74, 6) is 0.228. The normalized spacial score (nSPS) is 11.2. The Hall–Kier alpha value is -2.68. The minimum atomic E-state index is 0.228. The van der Waals surface area contributed by atoms with Crippen molar-refractivity contribution in [2.24, 2.45) is 4.99 Å². The number of hydrogen-bond acceptors (Lipinski definition) is 3. The summed E-state index contributed by atoms with van der Waals surface area (Å²) in [7, 11) is 0. The van der Waals surface area contributed by atoms with E-state index >= 15 is 0 Å². The van der Waals surface area contributed by atoms with Crippen LogP contribution in [0.4, 0.5) is 5.69 Å². The average molecular weight is 248 g/mol. The highest BCUT2D eigenvalue weighted by Gasteiger charge is 2.03. The third-order valence-corrected chi connectivity index (χ3v) is 2.94. The number of pyridine rings is 1. The maximum absolute atomic E-state index is 9.98. The van der Waals surface area contributed by atoms with E-state index < -0.39 is 0 Å². The molecule has 0 unspecified atom stereocenters. The van der Waals surface area contributed by atoms with Gasteiger partial charge in [-0.15, -0.1) is 0 Å². The molecule has 3 heteroatoms. The molecule has 1 aromatic heterocycles. The number of phenolic OH excluding ortho intramolecular Hbond substituents is 1. The van der Waals surface area contributed by atoms with Crippen molar-refractivity contribution in [2.75, 3.05) is 0 Å². The standard InChI is InChI=1S/C16H12N2O/c19-16-8-7-12-4-1-2-6-14(12)15(16)11-18-13-5-3-9-17-10-13/h1-11,19H. The summed E-state index contributed by atoms with van der Waals surface area (Å²) in [6.07, 6.45) is 5.06. The number of benzene rings is 2. The van der Waals surface area contributed by atoms with Crippen LogP contribution in [0.25, 0.3) is 10.8 Å². The van der Waals surface area contributed by atoms with Crippen LogP contribution in [-0.4, -0.2) is 16.3 Å². The van der Waals surface area contributed by atoms with E-state index in [1.807, 2.05) is 42.5 Å². The van der Waals surface area contributed by atoms with E-state index in [-0.39, 0.29) is 5.75 Å². The smallest absolute Gasteiger partial charge is 0.124 e. The lowest BCUT2D eigenvalue weighted by molar-refractivity contribution is 0.475. The first-order chi connectivity index (χ1) is 9.34. The summed E-state index contributed by atoms with van der Waals surface area (Å²) in [5.41, 5.74) is 1.48. The van der Waals surface area contributed by atoms with E-state index in [4.69, 9.17) is 0 Å². The van der Waals surface area contributed by atoms with E-state index in [0.29, 0.717) is 0 Å². The van der Waals surface area contributed by atoms with Gasteiger partial charge >= 0.3 is 0 Å². The Morgan fingerprint density at radius 3 is 2.74 bits per heavy atom. The van der Waals surface area contributed by atoms with Gasteiger partial charge in [-0.3, -0.25) is 9.98 Å². The molecule has 1 N–H and O–H groups in total. The molecule has 0 amide bonds. The van der Waals surface area contributed by atoms with Crippen LogP contribution in [0.1, 0.15) is 5.56 Å². The molecule has 0 radical (unpaired) electrons. The van der Waals surface area contributed by atoms with E-state index in [1.165, 1.54) is 0 Å². The van der Waals surface area contributed by atoms with Gasteiger partial charge in [0.2, 0.25) is 0 Å². The monoisotopic (exact) mass is 248 g/mol. The lowest BCUT2D eigenvalue weighted by atomic mass is 10.0. The van der Waals surface area contributed by atoms with E-state index in [9.17, 15) is 5.11 Å². The fraction of sp³-hybridized carbons (Fsp3) is 0. The quantitative estimate of drug-likeness (QED) is 0.703. The van der Waals surface area contributed by atoms with Crippen LogP contribution in [-0.2, 0) is 0 Å². The summed E-state index contributed by atoms with van der Waals surface area (Å²) < 4.78 is 0. The van der Waals surface area contributed by atoms with Crippen molar-refractivity contribution < 1.29 is 5.11 Å². The molecule has 3 aromatic rings. The van der Waals surface area contributed by atoms with Crippen LogP contribution in [0.3, 0.4) is 0 Å². The summed E-state index contributed by atoms with van der Waals surface area (Å²) in [5, 5.41) is 12.0. The van der Waals surface area contributed by atoms with Gasteiger partial charge in [0, 0.05) is 18.0 Å². The molecule has 0 spiro atoms. The number of aromatic hydroxyl groups is 1. The maximum atomic E-state index is 9.98. The van der Waals surface area contributed by atoms with Gasteiger partial charge in [-0.2, -0.15) is 0 Å². The van der Waals surface area contributed by atoms with Crippen LogP contribution >= 0.6 is 0 Å². The van der Waals surface area contributed by atoms with Gasteiger partial charge in [0.15, 0.2) is 0 Å². The zero-order valence-corrected chi connectivity index (χ0v) is 10.2. The first-order valence-corrected chi connectivity index (χ1v) is 5.99. The third kappa shape index (κ3) is 2.31. The highest BCUT2D eigenvalue weighted by molar-refractivity contribution is 6.02. The molecular formula is C16H12N2O. The number of fused-ring (bicyclic) bond motifs is 1. The first-order valence-electron chi connectivity index (χ1n) is 5.99. The molecule has 3 nitrogen and oxygen atoms in total. The lowest BCUT2D eigenvalue weighted by Gasteiger charge is -2.04. The van der Waals surface area contributed by atoms with Crippen molar-refractivity contribution in [2.45, 2.75) is 0 Å². The SMILES string of the molecule is Oc1ccc2ccccc2c1C=Nc1cccnc1. The zero-order chi connectivity index (χ0) is 13.1. The number of aliphatic imine (C=N–C) groups is 1. The molecule has 3 rings (SSSR count). The van der Waals surface area contributed by atoms with E-state index in [1.54, 1.807) is 24.7 Å². The molecule has 2 aromatic carbocycles. The topological polar surface area (TPSA) is 45.5 Å². The van der Waals surface area contributed by atoms with Crippen LogP contribution in [0.5, 0.6) is 5.75 Å². The van der Waals surface area contributed by atoms with Gasteiger partial charge in [-0.05, 0) is 29.0 Å². The van der Waals surface area contributed by atoms with Crippen LogP contribution in [0.15, 0.2) is 65.9 Å². The fourth-order valence-corrected chi connectivity index (χ4v) is 1.99. The number of nitrogens with zero attached hydrogens (tertiary/aromatic N) is 2. The Morgan fingerprint density at radius 1 is 1.00 bits per heavy atom. The third-order valence-electron chi connectivity index (χ3n) is 2.94. The Labute approximate surface area is 110 Å². The fourth-order valence-electron chi connectivity index (χ4n) is 1.99. The molecule has 92 valence electrons. The maximum Gasteiger partial charge on any atom is 0.124 e. The average Bonchev–Trinajstić information content (AvgIpc) is 2.47. The zero-order valence-electron chi connectivity index (χ0n) is 10.2. The van der Waals surface area contributed by atoms with Crippen LogP contribution in [0, 0.1) is 0 Å². The van der Waals surface area contributed by atoms with Crippen molar-refractivity contribution in [1.29, 1.82) is 0 Å².